The van der Waals surface area contributed by atoms with Gasteiger partial charge >= 0.3 is 5.97 Å². The number of aliphatic carboxylic acids is 1. The van der Waals surface area contributed by atoms with Crippen LogP contribution in [-0.4, -0.2) is 53.2 Å². The monoisotopic (exact) mass is 284 g/mol. The van der Waals surface area contributed by atoms with Gasteiger partial charge in [-0.25, -0.2) is 4.79 Å². The van der Waals surface area contributed by atoms with E-state index in [1.165, 1.54) is 12.0 Å². The molecular weight excluding hydrogens is 260 g/mol. The van der Waals surface area contributed by atoms with E-state index in [9.17, 15) is 14.7 Å². The maximum absolute atomic E-state index is 12.5. The van der Waals surface area contributed by atoms with E-state index >= 15 is 0 Å². The first-order chi connectivity index (χ1) is 9.05. The number of rotatable bonds is 4. The molecule has 1 heterocycles. The predicted molar refractivity (Wildman–Crippen MR) is 73.0 cm³/mol. The van der Waals surface area contributed by atoms with Gasteiger partial charge in [0, 0.05) is 19.6 Å². The lowest BCUT2D eigenvalue weighted by atomic mass is 9.95. The molecule has 0 bridgehead atoms. The lowest BCUT2D eigenvalue weighted by Crippen LogP contribution is -2.58. The molecule has 4 atom stereocenters. The molecule has 1 aliphatic heterocycles. The third kappa shape index (κ3) is 2.02. The fraction of sp³-hybridized carbons (Fsp3) is 0.857. The Bertz CT molecular complexity index is 446. The number of hydrogen-bond acceptors (Lipinski definition) is 4. The molecular formula is C14H24N2O4. The molecule has 1 amide bonds. The fourth-order valence-electron chi connectivity index (χ4n) is 3.40. The summed E-state index contributed by atoms with van der Waals surface area (Å²) in [4.78, 5) is 25.4. The molecule has 20 heavy (non-hydrogen) atoms. The van der Waals surface area contributed by atoms with E-state index in [1.807, 2.05) is 0 Å². The van der Waals surface area contributed by atoms with Crippen molar-refractivity contribution in [1.29, 1.82) is 0 Å². The summed E-state index contributed by atoms with van der Waals surface area (Å²) < 4.78 is 5.23. The quantitative estimate of drug-likeness (QED) is 0.775. The Morgan fingerprint density at radius 2 is 2.00 bits per heavy atom. The Labute approximate surface area is 119 Å². The normalized spacial score (nSPS) is 32.7. The van der Waals surface area contributed by atoms with Crippen LogP contribution in [0, 0.1) is 17.3 Å². The molecule has 2 aliphatic rings. The minimum absolute atomic E-state index is 0.000700. The lowest BCUT2D eigenvalue weighted by molar-refractivity contribution is -0.153. The summed E-state index contributed by atoms with van der Waals surface area (Å²) in [6.45, 7) is 8.04. The lowest BCUT2D eigenvalue weighted by Gasteiger charge is -2.35. The topological polar surface area (TPSA) is 92.9 Å². The van der Waals surface area contributed by atoms with Gasteiger partial charge in [-0.2, -0.15) is 0 Å². The molecule has 1 saturated heterocycles. The molecule has 3 N–H and O–H groups in total. The molecule has 2 rings (SSSR count). The van der Waals surface area contributed by atoms with E-state index in [0.29, 0.717) is 6.54 Å². The van der Waals surface area contributed by atoms with Gasteiger partial charge in [0.1, 0.15) is 12.1 Å². The third-order valence-corrected chi connectivity index (χ3v) is 5.29. The highest BCUT2D eigenvalue weighted by Crippen LogP contribution is 2.64. The van der Waals surface area contributed by atoms with Gasteiger partial charge in [-0.15, -0.1) is 0 Å². The number of hydrogen-bond donors (Lipinski definition) is 2. The van der Waals surface area contributed by atoms with E-state index in [2.05, 4.69) is 13.8 Å². The third-order valence-electron chi connectivity index (χ3n) is 5.29. The summed E-state index contributed by atoms with van der Waals surface area (Å²) in [5, 5.41) is 9.44. The van der Waals surface area contributed by atoms with Crippen LogP contribution in [0.25, 0.3) is 0 Å². The van der Waals surface area contributed by atoms with E-state index < -0.39 is 23.7 Å². The summed E-state index contributed by atoms with van der Waals surface area (Å²) in [5.41, 5.74) is 5.15. The highest BCUT2D eigenvalue weighted by molar-refractivity contribution is 5.89. The summed E-state index contributed by atoms with van der Waals surface area (Å²) >= 11 is 0. The maximum atomic E-state index is 12.5. The predicted octanol–water partition coefficient (Wildman–Crippen LogP) is 0.306. The van der Waals surface area contributed by atoms with Crippen molar-refractivity contribution >= 4 is 11.9 Å². The summed E-state index contributed by atoms with van der Waals surface area (Å²) in [7, 11) is 1.49. The second-order valence-corrected chi connectivity index (χ2v) is 7.01. The molecule has 114 valence electrons. The summed E-state index contributed by atoms with van der Waals surface area (Å²) in [6, 6.07) is -1.63. The smallest absolute Gasteiger partial charge is 0.326 e. The average Bonchev–Trinajstić information content (AvgIpc) is 2.78. The Morgan fingerprint density at radius 1 is 1.45 bits per heavy atom. The van der Waals surface area contributed by atoms with Gasteiger partial charge in [0.2, 0.25) is 5.91 Å². The van der Waals surface area contributed by atoms with Crippen molar-refractivity contribution in [2.45, 2.75) is 45.4 Å². The highest BCUT2D eigenvalue weighted by Gasteiger charge is 2.69. The Kier molecular flexibility index (Phi) is 3.38. The van der Waals surface area contributed by atoms with Crippen molar-refractivity contribution < 1.29 is 19.4 Å². The van der Waals surface area contributed by atoms with Crippen LogP contribution in [0.15, 0.2) is 0 Å². The van der Waals surface area contributed by atoms with Crippen molar-refractivity contribution in [2.24, 2.45) is 23.0 Å². The number of piperidine rings is 1. The van der Waals surface area contributed by atoms with Crippen LogP contribution in [0.3, 0.4) is 0 Å². The molecule has 6 nitrogen and oxygen atoms in total. The zero-order valence-corrected chi connectivity index (χ0v) is 12.7. The molecule has 4 unspecified atom stereocenters. The standard InChI is InChI=1S/C14H24N2O4/c1-13(2)7-6-16(9(8(7)13)12(18)19)11(17)10(15)14(3,4)20-5/h7-10H,6,15H2,1-5H3,(H,18,19). The zero-order chi connectivity index (χ0) is 15.5. The van der Waals surface area contributed by atoms with Crippen molar-refractivity contribution in [3.05, 3.63) is 0 Å². The first-order valence-corrected chi connectivity index (χ1v) is 6.89. The number of methoxy groups -OCH3 is 1. The molecule has 1 saturated carbocycles. The van der Waals surface area contributed by atoms with E-state index in [1.54, 1.807) is 13.8 Å². The number of amides is 1. The van der Waals surface area contributed by atoms with Crippen molar-refractivity contribution in [2.75, 3.05) is 13.7 Å². The Hall–Kier alpha value is -1.14. The fourth-order valence-corrected chi connectivity index (χ4v) is 3.40. The SMILES string of the molecule is COC(C)(C)C(N)C(=O)N1CC2C(C1C(=O)O)C2(C)C. The molecule has 6 heteroatoms. The number of likely N-dealkylation sites (tertiary alicyclic amines) is 1. The molecule has 0 aromatic carbocycles. The number of carbonyl (C=O) groups excluding carboxylic acids is 1. The highest BCUT2D eigenvalue weighted by atomic mass is 16.5. The van der Waals surface area contributed by atoms with E-state index in [-0.39, 0.29) is 23.2 Å². The van der Waals surface area contributed by atoms with Crippen molar-refractivity contribution in [3.8, 4) is 0 Å². The number of carboxylic acid groups (broad SMARTS) is 1. The molecule has 0 spiro atoms. The Morgan fingerprint density at radius 3 is 2.45 bits per heavy atom. The number of fused-ring (bicyclic) bond motifs is 1. The van der Waals surface area contributed by atoms with Gasteiger partial charge in [0.15, 0.2) is 0 Å². The molecule has 1 aliphatic carbocycles. The summed E-state index contributed by atoms with van der Waals surface area (Å²) in [5.74, 6) is -1.00. The second kappa shape index (κ2) is 4.43. The van der Waals surface area contributed by atoms with Crippen LogP contribution in [0.4, 0.5) is 0 Å². The largest absolute Gasteiger partial charge is 0.480 e. The maximum Gasteiger partial charge on any atom is 0.326 e. The number of nitrogens with two attached hydrogens (primary N) is 1. The van der Waals surface area contributed by atoms with Crippen LogP contribution < -0.4 is 5.73 Å². The van der Waals surface area contributed by atoms with Crippen LogP contribution in [0.2, 0.25) is 0 Å². The van der Waals surface area contributed by atoms with Gasteiger partial charge in [-0.05, 0) is 25.2 Å². The van der Waals surface area contributed by atoms with Gasteiger partial charge in [0.25, 0.3) is 0 Å². The Balaban J connectivity index is 2.18. The first kappa shape index (κ1) is 15.3. The van der Waals surface area contributed by atoms with Crippen molar-refractivity contribution in [3.63, 3.8) is 0 Å². The van der Waals surface area contributed by atoms with E-state index in [4.69, 9.17) is 10.5 Å². The van der Waals surface area contributed by atoms with Crippen molar-refractivity contribution in [1.82, 2.24) is 4.90 Å². The van der Waals surface area contributed by atoms with Crippen LogP contribution in [0.1, 0.15) is 27.7 Å². The van der Waals surface area contributed by atoms with Gasteiger partial charge in [-0.3, -0.25) is 4.79 Å². The second-order valence-electron chi connectivity index (χ2n) is 7.01. The number of carbonyl (C=O) groups is 2. The zero-order valence-electron chi connectivity index (χ0n) is 12.7. The summed E-state index contributed by atoms with van der Waals surface area (Å²) in [6.07, 6.45) is 0. The molecule has 2 fully saturated rings. The van der Waals surface area contributed by atoms with Crippen LogP contribution >= 0.6 is 0 Å². The minimum Gasteiger partial charge on any atom is -0.480 e. The average molecular weight is 284 g/mol. The molecule has 0 aromatic heterocycles. The van der Waals surface area contributed by atoms with Gasteiger partial charge < -0.3 is 20.5 Å². The molecule has 0 radical (unpaired) electrons. The number of carboxylic acids is 1. The van der Waals surface area contributed by atoms with Crippen LogP contribution in [0.5, 0.6) is 0 Å². The molecule has 0 aromatic rings. The number of ether oxygens (including phenoxy) is 1. The number of nitrogens with zero attached hydrogens (tertiary/aromatic N) is 1. The van der Waals surface area contributed by atoms with Gasteiger partial charge in [-0.1, -0.05) is 13.8 Å². The first-order valence-electron chi connectivity index (χ1n) is 6.89. The van der Waals surface area contributed by atoms with Gasteiger partial charge in [0.05, 0.1) is 5.60 Å². The van der Waals surface area contributed by atoms with Crippen LogP contribution in [-0.2, 0) is 14.3 Å². The minimum atomic E-state index is -0.946. The van der Waals surface area contributed by atoms with E-state index in [0.717, 1.165) is 0 Å².